The maximum absolute atomic E-state index is 13.2. The van der Waals surface area contributed by atoms with Gasteiger partial charge in [0.1, 0.15) is 17.3 Å². The molecule has 1 atom stereocenters. The minimum absolute atomic E-state index is 0.171. The van der Waals surface area contributed by atoms with Gasteiger partial charge in [0.05, 0.1) is 0 Å². The van der Waals surface area contributed by atoms with Crippen LogP contribution >= 0.6 is 0 Å². The average molecular weight is 627 g/mol. The fourth-order valence-corrected chi connectivity index (χ4v) is 5.49. The van der Waals surface area contributed by atoms with Crippen molar-refractivity contribution in [3.05, 3.63) is 108 Å². The van der Waals surface area contributed by atoms with Crippen molar-refractivity contribution in [2.24, 2.45) is 0 Å². The normalized spacial score (nSPS) is 11.9. The highest BCUT2D eigenvalue weighted by Crippen LogP contribution is 2.23. The Morgan fingerprint density at radius 2 is 1.09 bits per heavy atom. The quantitative estimate of drug-likeness (QED) is 0.0429. The Bertz CT molecular complexity index is 1290. The summed E-state index contributed by atoms with van der Waals surface area (Å²) in [6.07, 6.45) is 23.6. The zero-order valence-corrected chi connectivity index (χ0v) is 28.3. The van der Waals surface area contributed by atoms with Gasteiger partial charge < -0.3 is 9.47 Å². The van der Waals surface area contributed by atoms with E-state index in [0.717, 1.165) is 35.3 Å². The third-order valence-electron chi connectivity index (χ3n) is 8.36. The van der Waals surface area contributed by atoms with Crippen LogP contribution in [0.1, 0.15) is 138 Å². The lowest BCUT2D eigenvalue weighted by Gasteiger charge is -2.21. The molecule has 0 amide bonds. The largest absolute Gasteiger partial charge is 0.455 e. The van der Waals surface area contributed by atoms with Crippen LogP contribution in [0.25, 0.3) is 11.6 Å². The van der Waals surface area contributed by atoms with E-state index in [2.05, 4.69) is 13.5 Å². The maximum atomic E-state index is 13.2. The number of benzene rings is 3. The summed E-state index contributed by atoms with van der Waals surface area (Å²) in [6, 6.07) is 21.2. The van der Waals surface area contributed by atoms with E-state index in [1.807, 2.05) is 55.5 Å². The molecule has 4 heteroatoms. The van der Waals surface area contributed by atoms with Crippen LogP contribution in [0.15, 0.2) is 85.5 Å². The fraction of sp³-hybridized carbons (Fsp3) is 0.452. The Balaban J connectivity index is 1.42. The summed E-state index contributed by atoms with van der Waals surface area (Å²) >= 11 is 0. The van der Waals surface area contributed by atoms with Crippen molar-refractivity contribution >= 4 is 17.4 Å². The Kier molecular flexibility index (Phi) is 17.6. The first-order valence-electron chi connectivity index (χ1n) is 17.6. The highest BCUT2D eigenvalue weighted by Gasteiger charge is 2.13. The van der Waals surface area contributed by atoms with Crippen molar-refractivity contribution < 1.29 is 18.7 Å². The Morgan fingerprint density at radius 1 is 0.652 bits per heavy atom. The number of unbranched alkanes of at least 4 members (excludes halogenated alkanes) is 14. The number of ether oxygens (including phenoxy) is 2. The van der Waals surface area contributed by atoms with Gasteiger partial charge >= 0.3 is 0 Å². The Labute approximate surface area is 277 Å². The summed E-state index contributed by atoms with van der Waals surface area (Å²) < 4.78 is 25.8. The van der Waals surface area contributed by atoms with Crippen LogP contribution in [-0.4, -0.2) is 12.1 Å². The number of halogens is 1. The molecule has 248 valence electrons. The fourth-order valence-electron chi connectivity index (χ4n) is 5.49. The van der Waals surface area contributed by atoms with E-state index in [-0.39, 0.29) is 11.6 Å². The van der Waals surface area contributed by atoms with E-state index in [4.69, 9.17) is 9.47 Å². The highest BCUT2D eigenvalue weighted by molar-refractivity contribution is 6.06. The first-order chi connectivity index (χ1) is 22.4. The molecule has 46 heavy (non-hydrogen) atoms. The third-order valence-corrected chi connectivity index (χ3v) is 8.36. The van der Waals surface area contributed by atoms with Crippen LogP contribution in [0.3, 0.4) is 0 Å². The molecule has 0 aliphatic carbocycles. The van der Waals surface area contributed by atoms with E-state index in [0.29, 0.717) is 11.3 Å². The zero-order chi connectivity index (χ0) is 32.8. The average Bonchev–Trinajstić information content (AvgIpc) is 3.06. The van der Waals surface area contributed by atoms with Gasteiger partial charge in [-0.3, -0.25) is 4.79 Å². The lowest BCUT2D eigenvalue weighted by Crippen LogP contribution is -2.24. The highest BCUT2D eigenvalue weighted by atomic mass is 19.1. The van der Waals surface area contributed by atoms with Crippen molar-refractivity contribution in [2.75, 3.05) is 0 Å². The molecule has 1 unspecified atom stereocenters. The molecule has 0 saturated carbocycles. The third kappa shape index (κ3) is 15.1. The lowest BCUT2D eigenvalue weighted by molar-refractivity contribution is -0.00246. The van der Waals surface area contributed by atoms with Crippen LogP contribution in [-0.2, 0) is 0 Å². The van der Waals surface area contributed by atoms with Gasteiger partial charge in [0.15, 0.2) is 5.78 Å². The second-order valence-corrected chi connectivity index (χ2v) is 12.5. The predicted molar refractivity (Wildman–Crippen MR) is 192 cm³/mol. The SMILES string of the molecule is C=C(C)c1ccc(OC(CCCCCCCCCCCCCCCCC)Oc2ccc(C=CC(=O)c3ccc(F)cc3)cc2)cc1. The van der Waals surface area contributed by atoms with Gasteiger partial charge in [-0.1, -0.05) is 139 Å². The van der Waals surface area contributed by atoms with Gasteiger partial charge in [-0.05, 0) is 79.1 Å². The van der Waals surface area contributed by atoms with Gasteiger partial charge in [0.2, 0.25) is 6.29 Å². The van der Waals surface area contributed by atoms with Gasteiger partial charge in [0.25, 0.3) is 0 Å². The summed E-state index contributed by atoms with van der Waals surface area (Å²) in [4.78, 5) is 12.4. The summed E-state index contributed by atoms with van der Waals surface area (Å²) in [5, 5.41) is 0. The number of hydrogen-bond donors (Lipinski definition) is 0. The van der Waals surface area contributed by atoms with E-state index in [1.165, 1.54) is 120 Å². The van der Waals surface area contributed by atoms with Gasteiger partial charge in [0, 0.05) is 12.0 Å². The minimum atomic E-state index is -0.404. The Morgan fingerprint density at radius 3 is 1.57 bits per heavy atom. The molecule has 0 heterocycles. The van der Waals surface area contributed by atoms with Crippen LogP contribution in [0.5, 0.6) is 11.5 Å². The molecule has 0 bridgehead atoms. The molecule has 0 aromatic heterocycles. The topological polar surface area (TPSA) is 35.5 Å². The maximum Gasteiger partial charge on any atom is 0.241 e. The molecule has 0 aliphatic heterocycles. The number of carbonyl (C=O) groups is 1. The molecule has 0 fully saturated rings. The second-order valence-electron chi connectivity index (χ2n) is 12.5. The molecule has 3 aromatic rings. The molecular weight excluding hydrogens is 571 g/mol. The molecular formula is C42H55FO3. The van der Waals surface area contributed by atoms with Gasteiger partial charge in [-0.2, -0.15) is 0 Å². The molecule has 3 rings (SSSR count). The molecule has 0 saturated heterocycles. The summed E-state index contributed by atoms with van der Waals surface area (Å²) in [5.41, 5.74) is 3.44. The number of allylic oxidation sites excluding steroid dienone is 2. The number of carbonyl (C=O) groups excluding carboxylic acids is 1. The first-order valence-corrected chi connectivity index (χ1v) is 17.6. The minimum Gasteiger partial charge on any atom is -0.455 e. The monoisotopic (exact) mass is 626 g/mol. The second kappa shape index (κ2) is 22.0. The van der Waals surface area contributed by atoms with E-state index in [9.17, 15) is 9.18 Å². The zero-order valence-electron chi connectivity index (χ0n) is 28.3. The van der Waals surface area contributed by atoms with Crippen LogP contribution in [0.4, 0.5) is 4.39 Å². The van der Waals surface area contributed by atoms with E-state index >= 15 is 0 Å². The predicted octanol–water partition coefficient (Wildman–Crippen LogP) is 12.8. The van der Waals surface area contributed by atoms with Crippen LogP contribution in [0.2, 0.25) is 0 Å². The molecule has 0 spiro atoms. The number of ketones is 1. The summed E-state index contributed by atoms with van der Waals surface area (Å²) in [7, 11) is 0. The molecule has 0 aliphatic rings. The number of hydrogen-bond acceptors (Lipinski definition) is 3. The summed E-state index contributed by atoms with van der Waals surface area (Å²) in [5.74, 6) is 0.957. The lowest BCUT2D eigenvalue weighted by atomic mass is 10.0. The van der Waals surface area contributed by atoms with Crippen molar-refractivity contribution in [1.29, 1.82) is 0 Å². The smallest absolute Gasteiger partial charge is 0.241 e. The molecule has 0 N–H and O–H groups in total. The molecule has 3 aromatic carbocycles. The van der Waals surface area contributed by atoms with Crippen molar-refractivity contribution in [3.63, 3.8) is 0 Å². The summed E-state index contributed by atoms with van der Waals surface area (Å²) in [6.45, 7) is 8.30. The van der Waals surface area contributed by atoms with Gasteiger partial charge in [-0.25, -0.2) is 4.39 Å². The van der Waals surface area contributed by atoms with Crippen LogP contribution in [0, 0.1) is 5.82 Å². The standard InChI is InChI=1S/C42H55FO3/c1-4-5-6-7-8-9-10-11-12-13-14-15-16-17-18-19-42(46-40-31-25-36(26-32-40)34(2)3)45-39-29-20-35(21-30-39)22-33-41(44)37-23-27-38(43)28-24-37/h20-33,42H,2,4-19H2,1,3H3. The van der Waals surface area contributed by atoms with Crippen LogP contribution < -0.4 is 9.47 Å². The van der Waals surface area contributed by atoms with Gasteiger partial charge in [-0.15, -0.1) is 0 Å². The van der Waals surface area contributed by atoms with Crippen molar-refractivity contribution in [2.45, 2.75) is 123 Å². The Hall–Kier alpha value is -3.66. The first kappa shape index (κ1) is 36.8. The van der Waals surface area contributed by atoms with Crippen molar-refractivity contribution in [3.8, 4) is 11.5 Å². The number of rotatable bonds is 24. The van der Waals surface area contributed by atoms with Crippen molar-refractivity contribution in [1.82, 2.24) is 0 Å². The molecule has 0 radical (unpaired) electrons. The van der Waals surface area contributed by atoms with E-state index in [1.54, 1.807) is 6.08 Å². The van der Waals surface area contributed by atoms with E-state index < -0.39 is 6.29 Å². The molecule has 3 nitrogen and oxygen atoms in total.